The first-order chi connectivity index (χ1) is 8.63. The third-order valence-electron chi connectivity index (χ3n) is 3.26. The Hall–Kier alpha value is -1.61. The van der Waals surface area contributed by atoms with Crippen LogP contribution in [0, 0.1) is 0 Å². The second kappa shape index (κ2) is 5.36. The van der Waals surface area contributed by atoms with Crippen molar-refractivity contribution in [1.29, 1.82) is 0 Å². The third kappa shape index (κ3) is 2.46. The van der Waals surface area contributed by atoms with Gasteiger partial charge >= 0.3 is 0 Å². The highest BCUT2D eigenvalue weighted by Crippen LogP contribution is 2.19. The lowest BCUT2D eigenvalue weighted by Crippen LogP contribution is -2.29. The molecule has 0 spiro atoms. The van der Waals surface area contributed by atoms with E-state index in [0.717, 1.165) is 17.8 Å². The highest BCUT2D eigenvalue weighted by molar-refractivity contribution is 5.75. The second-order valence-electron chi connectivity index (χ2n) is 4.83. The van der Waals surface area contributed by atoms with Crippen LogP contribution in [0.1, 0.15) is 32.1 Å². The minimum absolute atomic E-state index is 0.234. The molecule has 0 amide bonds. The fourth-order valence-corrected chi connectivity index (χ4v) is 2.37. The van der Waals surface area contributed by atoms with Crippen molar-refractivity contribution in [1.82, 2.24) is 14.9 Å². The fourth-order valence-electron chi connectivity index (χ4n) is 2.37. The van der Waals surface area contributed by atoms with Crippen LogP contribution in [-0.4, -0.2) is 15.6 Å². The molecule has 1 aromatic heterocycles. The van der Waals surface area contributed by atoms with E-state index in [2.05, 4.69) is 49.5 Å². The Morgan fingerprint density at radius 2 is 2.11 bits per heavy atom. The van der Waals surface area contributed by atoms with Gasteiger partial charge in [0.25, 0.3) is 0 Å². The largest absolute Gasteiger partial charge is 0.330 e. The molecule has 1 N–H and O–H groups in total. The van der Waals surface area contributed by atoms with E-state index in [0.29, 0.717) is 6.04 Å². The summed E-state index contributed by atoms with van der Waals surface area (Å²) in [6.07, 6.45) is 2.91. The maximum atomic E-state index is 4.70. The molecule has 3 nitrogen and oxygen atoms in total. The molecule has 0 saturated carbocycles. The molecule has 0 saturated heterocycles. The van der Waals surface area contributed by atoms with Crippen molar-refractivity contribution >= 4 is 11.0 Å². The molecule has 0 aliphatic carbocycles. The Balaban J connectivity index is 2.25. The predicted octanol–water partition coefficient (Wildman–Crippen LogP) is 3.19. The summed E-state index contributed by atoms with van der Waals surface area (Å²) >= 11 is 0. The standard InChI is InChI=1S/C15H21N3/c1-5-8-11(2)16-12(3)15-17-13-9-6-7-10-14(13)18(15)4/h5-7,9-12,16H,1,8H2,2-4H3. The molecule has 0 radical (unpaired) electrons. The van der Waals surface area contributed by atoms with Crippen LogP contribution >= 0.6 is 0 Å². The number of nitrogens with zero attached hydrogens (tertiary/aromatic N) is 2. The number of benzene rings is 1. The van der Waals surface area contributed by atoms with Crippen LogP contribution in [0.15, 0.2) is 36.9 Å². The van der Waals surface area contributed by atoms with Gasteiger partial charge in [-0.3, -0.25) is 0 Å². The number of aromatic nitrogens is 2. The monoisotopic (exact) mass is 243 g/mol. The summed E-state index contributed by atoms with van der Waals surface area (Å²) in [5.74, 6) is 1.08. The molecular weight excluding hydrogens is 222 g/mol. The van der Waals surface area contributed by atoms with E-state index in [9.17, 15) is 0 Å². The van der Waals surface area contributed by atoms with Gasteiger partial charge < -0.3 is 9.88 Å². The van der Waals surface area contributed by atoms with Crippen LogP contribution in [0.2, 0.25) is 0 Å². The van der Waals surface area contributed by atoms with E-state index in [-0.39, 0.29) is 6.04 Å². The summed E-state index contributed by atoms with van der Waals surface area (Å²) in [6.45, 7) is 8.09. The van der Waals surface area contributed by atoms with Gasteiger partial charge in [0, 0.05) is 13.1 Å². The molecule has 2 atom stereocenters. The predicted molar refractivity (Wildman–Crippen MR) is 76.5 cm³/mol. The fraction of sp³-hybridized carbons (Fsp3) is 0.400. The number of hydrogen-bond acceptors (Lipinski definition) is 2. The van der Waals surface area contributed by atoms with Crippen molar-refractivity contribution in [3.05, 3.63) is 42.7 Å². The van der Waals surface area contributed by atoms with E-state index < -0.39 is 0 Å². The molecule has 2 aromatic rings. The van der Waals surface area contributed by atoms with E-state index in [4.69, 9.17) is 4.98 Å². The Morgan fingerprint density at radius 1 is 1.39 bits per heavy atom. The molecule has 0 fully saturated rings. The lowest BCUT2D eigenvalue weighted by atomic mass is 10.2. The highest BCUT2D eigenvalue weighted by Gasteiger charge is 2.15. The van der Waals surface area contributed by atoms with Crippen LogP contribution in [0.4, 0.5) is 0 Å². The summed E-state index contributed by atoms with van der Waals surface area (Å²) < 4.78 is 2.16. The lowest BCUT2D eigenvalue weighted by molar-refractivity contribution is 0.459. The molecule has 2 rings (SSSR count). The number of hydrogen-bond donors (Lipinski definition) is 1. The molecule has 1 aromatic carbocycles. The highest BCUT2D eigenvalue weighted by atomic mass is 15.1. The van der Waals surface area contributed by atoms with Gasteiger partial charge in [0.15, 0.2) is 0 Å². The minimum Gasteiger partial charge on any atom is -0.330 e. The van der Waals surface area contributed by atoms with Gasteiger partial charge in [-0.2, -0.15) is 0 Å². The van der Waals surface area contributed by atoms with Crippen molar-refractivity contribution in [2.45, 2.75) is 32.4 Å². The summed E-state index contributed by atoms with van der Waals surface area (Å²) in [7, 11) is 2.07. The number of imidazole rings is 1. The third-order valence-corrected chi connectivity index (χ3v) is 3.26. The summed E-state index contributed by atoms with van der Waals surface area (Å²) in [5.41, 5.74) is 2.23. The minimum atomic E-state index is 0.234. The van der Waals surface area contributed by atoms with Crippen molar-refractivity contribution in [2.24, 2.45) is 7.05 Å². The second-order valence-corrected chi connectivity index (χ2v) is 4.83. The molecule has 0 aliphatic heterocycles. The van der Waals surface area contributed by atoms with Gasteiger partial charge in [-0.15, -0.1) is 6.58 Å². The molecule has 0 aliphatic rings. The maximum Gasteiger partial charge on any atom is 0.126 e. The zero-order valence-electron chi connectivity index (χ0n) is 11.4. The molecule has 18 heavy (non-hydrogen) atoms. The van der Waals surface area contributed by atoms with Gasteiger partial charge in [0.05, 0.1) is 17.1 Å². The normalized spacial score (nSPS) is 14.6. The zero-order valence-corrected chi connectivity index (χ0v) is 11.4. The first kappa shape index (κ1) is 12.8. The van der Waals surface area contributed by atoms with Crippen LogP contribution in [-0.2, 0) is 7.05 Å². The Bertz CT molecular complexity index is 542. The van der Waals surface area contributed by atoms with Gasteiger partial charge in [0.1, 0.15) is 5.82 Å². The number of nitrogens with one attached hydrogen (secondary N) is 1. The van der Waals surface area contributed by atoms with E-state index in [1.165, 1.54) is 5.52 Å². The summed E-state index contributed by atoms with van der Waals surface area (Å²) in [5, 5.41) is 3.54. The number of fused-ring (bicyclic) bond motifs is 1. The molecule has 0 bridgehead atoms. The molecular formula is C15H21N3. The summed E-state index contributed by atoms with van der Waals surface area (Å²) in [6, 6.07) is 8.88. The SMILES string of the molecule is C=CCC(C)NC(C)c1nc2ccccc2n1C. The van der Waals surface area contributed by atoms with Gasteiger partial charge in [-0.25, -0.2) is 4.98 Å². The van der Waals surface area contributed by atoms with Gasteiger partial charge in [-0.05, 0) is 32.4 Å². The van der Waals surface area contributed by atoms with Crippen LogP contribution in [0.3, 0.4) is 0 Å². The zero-order chi connectivity index (χ0) is 13.1. The molecule has 96 valence electrons. The number of rotatable bonds is 5. The first-order valence-corrected chi connectivity index (χ1v) is 6.41. The van der Waals surface area contributed by atoms with Crippen molar-refractivity contribution in [3.8, 4) is 0 Å². The Morgan fingerprint density at radius 3 is 2.78 bits per heavy atom. The lowest BCUT2D eigenvalue weighted by Gasteiger charge is -2.18. The van der Waals surface area contributed by atoms with Crippen LogP contribution in [0.25, 0.3) is 11.0 Å². The Labute approximate surface area is 109 Å². The average molecular weight is 243 g/mol. The topological polar surface area (TPSA) is 29.9 Å². The van der Waals surface area contributed by atoms with Gasteiger partial charge in [-0.1, -0.05) is 18.2 Å². The molecule has 1 heterocycles. The van der Waals surface area contributed by atoms with Crippen LogP contribution in [0.5, 0.6) is 0 Å². The van der Waals surface area contributed by atoms with Crippen molar-refractivity contribution in [3.63, 3.8) is 0 Å². The average Bonchev–Trinajstić information content (AvgIpc) is 2.68. The first-order valence-electron chi connectivity index (χ1n) is 6.41. The van der Waals surface area contributed by atoms with Crippen LogP contribution < -0.4 is 5.32 Å². The number of para-hydroxylation sites is 2. The van der Waals surface area contributed by atoms with Gasteiger partial charge in [0.2, 0.25) is 0 Å². The van der Waals surface area contributed by atoms with E-state index >= 15 is 0 Å². The smallest absolute Gasteiger partial charge is 0.126 e. The van der Waals surface area contributed by atoms with E-state index in [1.54, 1.807) is 0 Å². The summed E-state index contributed by atoms with van der Waals surface area (Å²) in [4.78, 5) is 4.70. The van der Waals surface area contributed by atoms with E-state index in [1.807, 2.05) is 18.2 Å². The van der Waals surface area contributed by atoms with Crippen molar-refractivity contribution < 1.29 is 0 Å². The van der Waals surface area contributed by atoms with Crippen molar-refractivity contribution in [2.75, 3.05) is 0 Å². The molecule has 3 heteroatoms. The number of aryl methyl sites for hydroxylation is 1. The quantitative estimate of drug-likeness (QED) is 0.817. The Kier molecular flexibility index (Phi) is 3.82. The molecule has 2 unspecified atom stereocenters. The maximum absolute atomic E-state index is 4.70.